The second-order valence-corrected chi connectivity index (χ2v) is 0.268. The van der Waals surface area contributed by atoms with Crippen molar-refractivity contribution in [3.63, 3.8) is 0 Å². The molecule has 0 saturated carbocycles. The first kappa shape index (κ1) is 23.2. The number of hydrogen-bond donors (Lipinski definition) is 0. The fraction of sp³-hybridized carbons (Fsp3) is 0. The van der Waals surface area contributed by atoms with Gasteiger partial charge in [0.05, 0.1) is 0 Å². The molecule has 0 aromatic rings. The van der Waals surface area contributed by atoms with Crippen molar-refractivity contribution in [1.29, 1.82) is 0 Å². The fourth-order valence-electron chi connectivity index (χ4n) is 0. The molecule has 0 aromatic heterocycles. The Kier molecular flexibility index (Phi) is 259. The van der Waals surface area contributed by atoms with E-state index in [-0.39, 0.29) is 25.8 Å². The van der Waals surface area contributed by atoms with Crippen molar-refractivity contribution in [2.45, 2.75) is 0 Å². The van der Waals surface area contributed by atoms with Gasteiger partial charge in [0, 0.05) is 0 Å². The van der Waals surface area contributed by atoms with Gasteiger partial charge in [0.1, 0.15) is 0 Å². The molecular weight excluding hydrogens is 171 g/mol. The minimum atomic E-state index is 0. The Morgan fingerprint density at radius 3 is 0.500 bits per heavy atom. The predicted octanol–water partition coefficient (Wildman–Crippen LogP) is 2.60. The summed E-state index contributed by atoms with van der Waals surface area (Å²) in [5.74, 6) is 0. The molecule has 0 bridgehead atoms. The minimum Gasteiger partial charge on any atom is -0.373 e. The van der Waals surface area contributed by atoms with Gasteiger partial charge in [-0.3, -0.25) is 14.7 Å². The molecule has 0 saturated heterocycles. The maximum atomic E-state index is 6.75. The molecule has 0 aliphatic carbocycles. The van der Waals surface area contributed by atoms with E-state index >= 15 is 0 Å². The topological polar surface area (TPSA) is 176 Å². The first-order valence-electron chi connectivity index (χ1n) is 1.20. The average molecular weight is 171 g/mol. The van der Waals surface area contributed by atoms with Crippen LogP contribution in [0.15, 0.2) is 0 Å². The van der Waals surface area contributed by atoms with Crippen molar-refractivity contribution in [3.8, 4) is 0 Å². The van der Waals surface area contributed by atoms with Crippen LogP contribution in [0.3, 0.4) is 0 Å². The molecular formula is N9Sc. The summed E-state index contributed by atoms with van der Waals surface area (Å²) in [6.07, 6.45) is 0. The van der Waals surface area contributed by atoms with Gasteiger partial charge in [-0.1, -0.05) is 0 Å². The van der Waals surface area contributed by atoms with Gasteiger partial charge in [-0.25, -0.2) is 0 Å². The molecule has 48 valence electrons. The molecule has 0 aliphatic heterocycles. The monoisotopic (exact) mass is 171 g/mol. The molecule has 0 heterocycles. The molecule has 0 fully saturated rings. The van der Waals surface area contributed by atoms with Gasteiger partial charge in [0.25, 0.3) is 0 Å². The Morgan fingerprint density at radius 2 is 0.500 bits per heavy atom. The van der Waals surface area contributed by atoms with Crippen molar-refractivity contribution in [2.75, 3.05) is 0 Å². The van der Waals surface area contributed by atoms with Crippen molar-refractivity contribution >= 4 is 0 Å². The maximum absolute atomic E-state index is 6.75. The van der Waals surface area contributed by atoms with E-state index in [9.17, 15) is 0 Å². The average Bonchev–Trinajstić information content (AvgIpc) is 1.70. The predicted molar refractivity (Wildman–Crippen MR) is 30.2 cm³/mol. The summed E-state index contributed by atoms with van der Waals surface area (Å²) < 4.78 is 0. The standard InChI is InChI=1S/3N3.Sc/c3*1-3-2;/q3*-1;+3. The summed E-state index contributed by atoms with van der Waals surface area (Å²) in [4.78, 5) is 4.50. The van der Waals surface area contributed by atoms with Crippen LogP contribution in [0.1, 0.15) is 0 Å². The number of nitrogens with zero attached hydrogens (tertiary/aromatic N) is 9. The number of hydrogen-bond acceptors (Lipinski definition) is 0. The van der Waals surface area contributed by atoms with E-state index in [0.717, 1.165) is 0 Å². The molecule has 0 aromatic carbocycles. The van der Waals surface area contributed by atoms with Crippen molar-refractivity contribution in [1.82, 2.24) is 0 Å². The molecule has 0 aliphatic rings. The summed E-state index contributed by atoms with van der Waals surface area (Å²) in [5, 5.41) is 0. The molecule has 10 heavy (non-hydrogen) atoms. The van der Waals surface area contributed by atoms with E-state index in [4.69, 9.17) is 33.2 Å². The normalized spacial score (nSPS) is 2.40. The van der Waals surface area contributed by atoms with Crippen LogP contribution in [-0.2, 0) is 25.8 Å². The summed E-state index contributed by atoms with van der Waals surface area (Å²) >= 11 is 0. The van der Waals surface area contributed by atoms with Gasteiger partial charge in [-0.15, -0.1) is 0 Å². The zero-order valence-corrected chi connectivity index (χ0v) is 6.41. The van der Waals surface area contributed by atoms with Crippen LogP contribution in [0.5, 0.6) is 0 Å². The van der Waals surface area contributed by atoms with Gasteiger partial charge in [-0.2, -0.15) is 0 Å². The summed E-state index contributed by atoms with van der Waals surface area (Å²) in [5.41, 5.74) is 40.5. The van der Waals surface area contributed by atoms with E-state index in [0.29, 0.717) is 0 Å². The van der Waals surface area contributed by atoms with Crippen molar-refractivity contribution < 1.29 is 25.8 Å². The van der Waals surface area contributed by atoms with E-state index in [2.05, 4.69) is 0 Å². The largest absolute Gasteiger partial charge is 3.00 e. The van der Waals surface area contributed by atoms with Crippen LogP contribution in [0.2, 0.25) is 0 Å². The molecule has 9 nitrogen and oxygen atoms in total. The summed E-state index contributed by atoms with van der Waals surface area (Å²) in [7, 11) is 0. The van der Waals surface area contributed by atoms with E-state index in [1.165, 1.54) is 14.7 Å². The number of rotatable bonds is 0. The third-order valence-electron chi connectivity index (χ3n) is 0. The van der Waals surface area contributed by atoms with Gasteiger partial charge in [-0.05, 0) is 0 Å². The summed E-state index contributed by atoms with van der Waals surface area (Å²) in [6.45, 7) is 0. The third kappa shape index (κ3) is 159. The van der Waals surface area contributed by atoms with Gasteiger partial charge < -0.3 is 33.2 Å². The summed E-state index contributed by atoms with van der Waals surface area (Å²) in [6, 6.07) is 0. The molecule has 0 amide bonds. The van der Waals surface area contributed by atoms with E-state index in [1.54, 1.807) is 0 Å². The third-order valence-corrected chi connectivity index (χ3v) is 0. The molecule has 0 N–H and O–H groups in total. The van der Waals surface area contributed by atoms with Crippen LogP contribution in [0.25, 0.3) is 47.9 Å². The quantitative estimate of drug-likeness (QED) is 0.295. The van der Waals surface area contributed by atoms with Gasteiger partial charge in [0.2, 0.25) is 0 Å². The Hall–Kier alpha value is -1.20. The minimum absolute atomic E-state index is 0. The second kappa shape index (κ2) is 111. The fourth-order valence-corrected chi connectivity index (χ4v) is 0. The van der Waals surface area contributed by atoms with Crippen LogP contribution < -0.4 is 0 Å². The van der Waals surface area contributed by atoms with Gasteiger partial charge in [0.15, 0.2) is 0 Å². The van der Waals surface area contributed by atoms with Crippen molar-refractivity contribution in [3.05, 3.63) is 47.9 Å². The Labute approximate surface area is 74.1 Å². The van der Waals surface area contributed by atoms with Gasteiger partial charge >= 0.3 is 25.8 Å². The Balaban J connectivity index is -0.0000000257. The van der Waals surface area contributed by atoms with Crippen LogP contribution in [0, 0.1) is 0 Å². The Bertz CT molecular complexity index is 96.3. The molecule has 0 unspecified atom stereocenters. The van der Waals surface area contributed by atoms with E-state index in [1.807, 2.05) is 0 Å². The first-order valence-corrected chi connectivity index (χ1v) is 1.20. The maximum Gasteiger partial charge on any atom is 3.00 e. The second-order valence-electron chi connectivity index (χ2n) is 0.268. The van der Waals surface area contributed by atoms with Crippen LogP contribution >= 0.6 is 0 Å². The zero-order valence-electron chi connectivity index (χ0n) is 4.60. The van der Waals surface area contributed by atoms with E-state index < -0.39 is 0 Å². The smallest absolute Gasteiger partial charge is 0.373 e. The van der Waals surface area contributed by atoms with Crippen molar-refractivity contribution in [2.24, 2.45) is 0 Å². The molecule has 0 radical (unpaired) electrons. The van der Waals surface area contributed by atoms with Crippen LogP contribution in [0.4, 0.5) is 0 Å². The molecule has 0 spiro atoms. The molecule has 0 rings (SSSR count). The van der Waals surface area contributed by atoms with Crippen LogP contribution in [-0.4, -0.2) is 0 Å². The first-order chi connectivity index (χ1) is 4.24. The molecule has 10 heteroatoms. The zero-order chi connectivity index (χ0) is 8.12. The SMILES string of the molecule is [N-]=[N+]=[N-].[N-]=[N+]=[N-].[N-]=[N+]=[N-].[Sc+3]. The Morgan fingerprint density at radius 1 is 0.500 bits per heavy atom. The molecule has 0 atom stereocenters.